The fraction of sp³-hybridized carbons (Fsp3) is 0.533. The van der Waals surface area contributed by atoms with Gasteiger partial charge in [-0.1, -0.05) is 24.2 Å². The molecule has 1 fully saturated rings. The van der Waals surface area contributed by atoms with Crippen LogP contribution >= 0.6 is 11.3 Å². The van der Waals surface area contributed by atoms with Crippen LogP contribution in [0.4, 0.5) is 5.13 Å². The number of aromatic nitrogens is 5. The van der Waals surface area contributed by atoms with Crippen LogP contribution in [0.5, 0.6) is 0 Å². The average molecular weight is 361 g/mol. The molecule has 1 saturated carbocycles. The number of nitrogens with one attached hydrogen (secondary N) is 1. The maximum absolute atomic E-state index is 12.5. The summed E-state index contributed by atoms with van der Waals surface area (Å²) in [6, 6.07) is 0.220. The van der Waals surface area contributed by atoms with Crippen molar-refractivity contribution >= 4 is 38.4 Å². The first-order valence-electron chi connectivity index (χ1n) is 8.24. The third kappa shape index (κ3) is 2.86. The molecule has 0 bridgehead atoms. The minimum Gasteiger partial charge on any atom is -0.354 e. The molecule has 0 unspecified atom stereocenters. The second kappa shape index (κ2) is 6.10. The Morgan fingerprint density at radius 3 is 2.88 bits per heavy atom. The highest BCUT2D eigenvalue weighted by Gasteiger charge is 2.20. The standard InChI is InChI=1S/C15H19N7O2S/c1-20(2)14-18-12-11(25-14)13-19-22(15(24)21(13)8-16-12)7-10(23)17-9-5-3-4-6-9/h8-9H,3-7H2,1-2H3,(H,17,23). The molecule has 1 amide bonds. The van der Waals surface area contributed by atoms with Crippen LogP contribution < -0.4 is 15.9 Å². The Morgan fingerprint density at radius 1 is 1.40 bits per heavy atom. The summed E-state index contributed by atoms with van der Waals surface area (Å²) in [4.78, 5) is 35.2. The number of thiazole rings is 1. The molecule has 3 heterocycles. The Balaban J connectivity index is 1.67. The van der Waals surface area contributed by atoms with Gasteiger partial charge in [0.1, 0.15) is 17.6 Å². The number of hydrogen-bond donors (Lipinski definition) is 1. The van der Waals surface area contributed by atoms with E-state index in [4.69, 9.17) is 0 Å². The van der Waals surface area contributed by atoms with Crippen molar-refractivity contribution in [2.75, 3.05) is 19.0 Å². The highest BCUT2D eigenvalue weighted by molar-refractivity contribution is 7.22. The van der Waals surface area contributed by atoms with Gasteiger partial charge in [-0.2, -0.15) is 4.98 Å². The lowest BCUT2D eigenvalue weighted by Crippen LogP contribution is -2.37. The molecule has 4 rings (SSSR count). The van der Waals surface area contributed by atoms with Crippen LogP contribution in [-0.2, 0) is 11.3 Å². The molecule has 1 N–H and O–H groups in total. The lowest BCUT2D eigenvalue weighted by molar-refractivity contribution is -0.122. The van der Waals surface area contributed by atoms with Crippen molar-refractivity contribution in [2.45, 2.75) is 38.3 Å². The molecule has 1 aliphatic carbocycles. The van der Waals surface area contributed by atoms with Crippen molar-refractivity contribution in [3.05, 3.63) is 16.8 Å². The summed E-state index contributed by atoms with van der Waals surface area (Å²) in [5.41, 5.74) is 0.661. The Bertz CT molecular complexity index is 997. The van der Waals surface area contributed by atoms with E-state index in [1.165, 1.54) is 26.7 Å². The first-order valence-corrected chi connectivity index (χ1v) is 9.06. The number of rotatable bonds is 4. The average Bonchev–Trinajstić information content (AvgIpc) is 3.27. The summed E-state index contributed by atoms with van der Waals surface area (Å²) in [5.74, 6) is -0.181. The van der Waals surface area contributed by atoms with E-state index in [1.807, 2.05) is 19.0 Å². The molecule has 0 atom stereocenters. The number of carbonyl (C=O) groups is 1. The minimum absolute atomic E-state index is 0.0855. The van der Waals surface area contributed by atoms with E-state index < -0.39 is 0 Å². The predicted molar refractivity (Wildman–Crippen MR) is 95.2 cm³/mol. The van der Waals surface area contributed by atoms with Crippen molar-refractivity contribution in [1.82, 2.24) is 29.5 Å². The van der Waals surface area contributed by atoms with E-state index in [0.717, 1.165) is 35.5 Å². The van der Waals surface area contributed by atoms with E-state index in [2.05, 4.69) is 20.4 Å². The molecule has 132 valence electrons. The van der Waals surface area contributed by atoms with Crippen LogP contribution in [-0.4, -0.2) is 50.2 Å². The van der Waals surface area contributed by atoms with Gasteiger partial charge in [-0.3, -0.25) is 4.79 Å². The van der Waals surface area contributed by atoms with Gasteiger partial charge in [-0.15, -0.1) is 5.10 Å². The molecule has 10 heteroatoms. The molecular weight excluding hydrogens is 342 g/mol. The van der Waals surface area contributed by atoms with Crippen LogP contribution in [0.3, 0.4) is 0 Å². The van der Waals surface area contributed by atoms with Gasteiger partial charge in [-0.05, 0) is 12.8 Å². The molecule has 0 spiro atoms. The molecule has 3 aromatic heterocycles. The Morgan fingerprint density at radius 2 is 2.16 bits per heavy atom. The highest BCUT2D eigenvalue weighted by atomic mass is 32.1. The Kier molecular flexibility index (Phi) is 3.91. The summed E-state index contributed by atoms with van der Waals surface area (Å²) in [7, 11) is 3.79. The van der Waals surface area contributed by atoms with Crippen molar-refractivity contribution in [3.63, 3.8) is 0 Å². The maximum atomic E-state index is 12.5. The molecule has 1 aliphatic rings. The summed E-state index contributed by atoms with van der Waals surface area (Å²) in [6.07, 6.45) is 5.71. The number of amides is 1. The van der Waals surface area contributed by atoms with E-state index in [-0.39, 0.29) is 24.2 Å². The smallest absolute Gasteiger partial charge is 0.352 e. The van der Waals surface area contributed by atoms with Gasteiger partial charge in [0.25, 0.3) is 0 Å². The molecule has 0 saturated heterocycles. The lowest BCUT2D eigenvalue weighted by atomic mass is 10.2. The SMILES string of the molecule is CN(C)c1nc2ncn3c(=O)n(CC(=O)NC4CCCC4)nc3c2s1. The molecular formula is C15H19N7O2S. The second-order valence-electron chi connectivity index (χ2n) is 6.47. The third-order valence-corrected chi connectivity index (χ3v) is 5.57. The van der Waals surface area contributed by atoms with Crippen molar-refractivity contribution in [1.29, 1.82) is 0 Å². The fourth-order valence-electron chi connectivity index (χ4n) is 3.10. The largest absolute Gasteiger partial charge is 0.354 e. The number of hydrogen-bond acceptors (Lipinski definition) is 7. The zero-order valence-electron chi connectivity index (χ0n) is 14.1. The van der Waals surface area contributed by atoms with Crippen LogP contribution in [0, 0.1) is 0 Å². The van der Waals surface area contributed by atoms with Crippen LogP contribution in [0.2, 0.25) is 0 Å². The van der Waals surface area contributed by atoms with E-state index in [1.54, 1.807) is 0 Å². The number of anilines is 1. The van der Waals surface area contributed by atoms with Gasteiger partial charge < -0.3 is 10.2 Å². The number of fused-ring (bicyclic) bond motifs is 3. The van der Waals surface area contributed by atoms with Crippen LogP contribution in [0.15, 0.2) is 11.1 Å². The zero-order valence-corrected chi connectivity index (χ0v) is 14.9. The molecule has 0 aromatic carbocycles. The van der Waals surface area contributed by atoms with Crippen molar-refractivity contribution in [3.8, 4) is 0 Å². The number of carbonyl (C=O) groups excluding carboxylic acids is 1. The minimum atomic E-state index is -0.370. The first kappa shape index (κ1) is 16.0. The second-order valence-corrected chi connectivity index (χ2v) is 7.45. The van der Waals surface area contributed by atoms with Gasteiger partial charge in [0.2, 0.25) is 5.91 Å². The van der Waals surface area contributed by atoms with Crippen molar-refractivity contribution < 1.29 is 4.79 Å². The van der Waals surface area contributed by atoms with Crippen LogP contribution in [0.25, 0.3) is 16.0 Å². The Labute approximate surface area is 147 Å². The third-order valence-electron chi connectivity index (χ3n) is 4.36. The van der Waals surface area contributed by atoms with Gasteiger partial charge in [0.15, 0.2) is 16.4 Å². The van der Waals surface area contributed by atoms with Crippen molar-refractivity contribution in [2.24, 2.45) is 0 Å². The summed E-state index contributed by atoms with van der Waals surface area (Å²) >= 11 is 1.42. The molecule has 3 aromatic rings. The quantitative estimate of drug-likeness (QED) is 0.732. The predicted octanol–water partition coefficient (Wildman–Crippen LogP) is 0.625. The molecule has 25 heavy (non-hydrogen) atoms. The first-order chi connectivity index (χ1) is 12.0. The van der Waals surface area contributed by atoms with E-state index >= 15 is 0 Å². The van der Waals surface area contributed by atoms with Crippen LogP contribution in [0.1, 0.15) is 25.7 Å². The normalized spacial score (nSPS) is 15.3. The number of nitrogens with zero attached hydrogens (tertiary/aromatic N) is 6. The van der Waals surface area contributed by atoms with Gasteiger partial charge >= 0.3 is 5.69 Å². The molecule has 9 nitrogen and oxygen atoms in total. The molecule has 0 radical (unpaired) electrons. The maximum Gasteiger partial charge on any atom is 0.352 e. The van der Waals surface area contributed by atoms with E-state index in [9.17, 15) is 9.59 Å². The topological polar surface area (TPSA) is 97.4 Å². The van der Waals surface area contributed by atoms with E-state index in [0.29, 0.717) is 11.3 Å². The zero-order chi connectivity index (χ0) is 17.6. The van der Waals surface area contributed by atoms with Gasteiger partial charge in [-0.25, -0.2) is 18.9 Å². The highest BCUT2D eigenvalue weighted by Crippen LogP contribution is 2.28. The fourth-order valence-corrected chi connectivity index (χ4v) is 4.02. The summed E-state index contributed by atoms with van der Waals surface area (Å²) < 4.78 is 3.29. The summed E-state index contributed by atoms with van der Waals surface area (Å²) in [6.45, 7) is -0.0855. The molecule has 0 aliphatic heterocycles. The monoisotopic (exact) mass is 361 g/mol. The lowest BCUT2D eigenvalue weighted by Gasteiger charge is -2.10. The van der Waals surface area contributed by atoms with Gasteiger partial charge in [0, 0.05) is 20.1 Å². The van der Waals surface area contributed by atoms with Gasteiger partial charge in [0.05, 0.1) is 0 Å². The Hall–Kier alpha value is -2.49. The summed E-state index contributed by atoms with van der Waals surface area (Å²) in [5, 5.41) is 8.11.